The van der Waals surface area contributed by atoms with Crippen molar-refractivity contribution in [3.8, 4) is 0 Å². The molecular weight excluding hydrogens is 295 g/mol. The zero-order chi connectivity index (χ0) is 14.4. The quantitative estimate of drug-likeness (QED) is 0.799. The largest absolute Gasteiger partial charge is 0.324 e. The van der Waals surface area contributed by atoms with E-state index in [0.717, 1.165) is 5.56 Å². The third-order valence-electron chi connectivity index (χ3n) is 2.47. The van der Waals surface area contributed by atoms with Gasteiger partial charge in [-0.15, -0.1) is 0 Å². The molecule has 2 rings (SSSR count). The first-order chi connectivity index (χ1) is 9.66. The summed E-state index contributed by atoms with van der Waals surface area (Å²) in [6.07, 6.45) is 0. The van der Waals surface area contributed by atoms with Gasteiger partial charge in [-0.3, -0.25) is 5.32 Å². The van der Waals surface area contributed by atoms with E-state index in [1.165, 1.54) is 0 Å². The molecule has 5 heteroatoms. The summed E-state index contributed by atoms with van der Waals surface area (Å²) >= 11 is 12.1. The summed E-state index contributed by atoms with van der Waals surface area (Å²) in [6.45, 7) is 0. The second-order valence-corrected chi connectivity index (χ2v) is 4.70. The van der Waals surface area contributed by atoms with Crippen LogP contribution in [0.15, 0.2) is 65.8 Å². The van der Waals surface area contributed by atoms with Gasteiger partial charge in [-0.25, -0.2) is 4.79 Å². The summed E-state index contributed by atoms with van der Waals surface area (Å²) in [5.74, 6) is 0. The molecule has 2 N–H and O–H groups in total. The maximum atomic E-state index is 11.8. The van der Waals surface area contributed by atoms with Gasteiger partial charge in [0.15, 0.2) is 0 Å². The lowest BCUT2D eigenvalue weighted by atomic mass is 10.2. The minimum absolute atomic E-state index is 0.0753. The molecule has 3 nitrogen and oxygen atoms in total. The van der Waals surface area contributed by atoms with E-state index in [4.69, 9.17) is 23.2 Å². The lowest BCUT2D eigenvalue weighted by Gasteiger charge is -2.08. The van der Waals surface area contributed by atoms with Crippen molar-refractivity contribution in [1.29, 1.82) is 0 Å². The van der Waals surface area contributed by atoms with Crippen molar-refractivity contribution in [1.82, 2.24) is 5.32 Å². The monoisotopic (exact) mass is 306 g/mol. The Morgan fingerprint density at radius 2 is 1.40 bits per heavy atom. The molecule has 0 aliphatic rings. The minimum atomic E-state index is -0.449. The summed E-state index contributed by atoms with van der Waals surface area (Å²) in [7, 11) is 0. The highest BCUT2D eigenvalue weighted by Crippen LogP contribution is 2.23. The standard InChI is InChI=1S/C15H12Cl2N2O/c16-13(11-7-3-1-4-8-11)14(17)19-15(20)18-12-9-5-2-6-10-12/h1-10H,(H2,18,19,20)/b14-13-. The third kappa shape index (κ3) is 4.02. The molecule has 0 bridgehead atoms. The molecule has 2 amide bonds. The van der Waals surface area contributed by atoms with E-state index >= 15 is 0 Å². The van der Waals surface area contributed by atoms with Crippen molar-refractivity contribution >= 4 is 40.0 Å². The number of hydrogen-bond donors (Lipinski definition) is 2. The Balaban J connectivity index is 2.04. The van der Waals surface area contributed by atoms with Gasteiger partial charge in [0, 0.05) is 5.69 Å². The number of carbonyl (C=O) groups is 1. The van der Waals surface area contributed by atoms with E-state index < -0.39 is 6.03 Å². The topological polar surface area (TPSA) is 41.1 Å². The molecule has 20 heavy (non-hydrogen) atoms. The number of rotatable bonds is 3. The van der Waals surface area contributed by atoms with Gasteiger partial charge in [0.1, 0.15) is 5.16 Å². The van der Waals surface area contributed by atoms with Crippen molar-refractivity contribution in [2.45, 2.75) is 0 Å². The molecule has 0 saturated heterocycles. The van der Waals surface area contributed by atoms with Crippen LogP contribution in [0.2, 0.25) is 0 Å². The lowest BCUT2D eigenvalue weighted by Crippen LogP contribution is -2.26. The molecule has 0 atom stereocenters. The second-order valence-electron chi connectivity index (χ2n) is 3.94. The van der Waals surface area contributed by atoms with Gasteiger partial charge in [0.2, 0.25) is 0 Å². The molecule has 0 aliphatic carbocycles. The molecule has 0 heterocycles. The number of urea groups is 1. The fourth-order valence-electron chi connectivity index (χ4n) is 1.55. The molecule has 2 aromatic rings. The molecule has 0 spiro atoms. The zero-order valence-corrected chi connectivity index (χ0v) is 11.9. The highest BCUT2D eigenvalue weighted by atomic mass is 35.5. The maximum absolute atomic E-state index is 11.8. The molecule has 0 unspecified atom stereocenters. The molecule has 102 valence electrons. The van der Waals surface area contributed by atoms with Gasteiger partial charge in [-0.2, -0.15) is 0 Å². The lowest BCUT2D eigenvalue weighted by molar-refractivity contribution is 0.255. The van der Waals surface area contributed by atoms with E-state index in [1.54, 1.807) is 12.1 Å². The number of halogens is 2. The molecular formula is C15H12Cl2N2O. The predicted molar refractivity (Wildman–Crippen MR) is 83.7 cm³/mol. The van der Waals surface area contributed by atoms with Crippen molar-refractivity contribution in [3.05, 3.63) is 71.4 Å². The van der Waals surface area contributed by atoms with Gasteiger partial charge < -0.3 is 5.32 Å². The van der Waals surface area contributed by atoms with Crippen molar-refractivity contribution in [2.24, 2.45) is 0 Å². The summed E-state index contributed by atoms with van der Waals surface area (Å²) < 4.78 is 0. The summed E-state index contributed by atoms with van der Waals surface area (Å²) in [6, 6.07) is 17.8. The fraction of sp³-hybridized carbons (Fsp3) is 0. The van der Waals surface area contributed by atoms with Crippen LogP contribution < -0.4 is 10.6 Å². The highest BCUT2D eigenvalue weighted by molar-refractivity contribution is 6.54. The number of hydrogen-bond acceptors (Lipinski definition) is 1. The van der Waals surface area contributed by atoms with Gasteiger partial charge in [0.25, 0.3) is 0 Å². The second kappa shape index (κ2) is 6.98. The van der Waals surface area contributed by atoms with Crippen molar-refractivity contribution in [3.63, 3.8) is 0 Å². The Labute approximate surface area is 127 Å². The van der Waals surface area contributed by atoms with Crippen LogP contribution in [0.5, 0.6) is 0 Å². The Kier molecular flexibility index (Phi) is 5.04. The first kappa shape index (κ1) is 14.4. The van der Waals surface area contributed by atoms with E-state index in [9.17, 15) is 4.79 Å². The molecule has 2 aromatic carbocycles. The number of amides is 2. The summed E-state index contributed by atoms with van der Waals surface area (Å²) in [4.78, 5) is 11.8. The Hall–Kier alpha value is -1.97. The Morgan fingerprint density at radius 1 is 0.850 bits per heavy atom. The van der Waals surface area contributed by atoms with E-state index in [1.807, 2.05) is 48.5 Å². The van der Waals surface area contributed by atoms with Crippen molar-refractivity contribution in [2.75, 3.05) is 5.32 Å². The van der Waals surface area contributed by atoms with Crippen LogP contribution in [0.4, 0.5) is 10.5 Å². The van der Waals surface area contributed by atoms with E-state index in [2.05, 4.69) is 10.6 Å². The number of anilines is 1. The Morgan fingerprint density at radius 3 is 2.00 bits per heavy atom. The Bertz CT molecular complexity index is 612. The van der Waals surface area contributed by atoms with Crippen LogP contribution in [-0.2, 0) is 0 Å². The number of para-hydroxylation sites is 1. The average Bonchev–Trinajstić information content (AvgIpc) is 2.48. The predicted octanol–water partition coefficient (Wildman–Crippen LogP) is 4.61. The smallest absolute Gasteiger partial charge is 0.308 e. The van der Waals surface area contributed by atoms with Gasteiger partial charge in [-0.05, 0) is 17.7 Å². The highest BCUT2D eigenvalue weighted by Gasteiger charge is 2.08. The molecule has 0 aliphatic heterocycles. The van der Waals surface area contributed by atoms with Crippen molar-refractivity contribution < 1.29 is 4.79 Å². The van der Waals surface area contributed by atoms with Crippen LogP contribution in [0.25, 0.3) is 5.03 Å². The SMILES string of the molecule is O=C(N/C(Cl)=C(\Cl)c1ccccc1)Nc1ccccc1. The minimum Gasteiger partial charge on any atom is -0.308 e. The summed E-state index contributed by atoms with van der Waals surface area (Å²) in [5, 5.41) is 5.50. The summed E-state index contributed by atoms with van der Waals surface area (Å²) in [5.41, 5.74) is 1.41. The molecule has 0 aromatic heterocycles. The molecule has 0 saturated carbocycles. The average molecular weight is 307 g/mol. The van der Waals surface area contributed by atoms with Gasteiger partial charge in [0.05, 0.1) is 5.03 Å². The number of benzene rings is 2. The number of nitrogens with one attached hydrogen (secondary N) is 2. The maximum Gasteiger partial charge on any atom is 0.324 e. The van der Waals surface area contributed by atoms with E-state index in [0.29, 0.717) is 5.69 Å². The van der Waals surface area contributed by atoms with Crippen LogP contribution >= 0.6 is 23.2 Å². The van der Waals surface area contributed by atoms with Crippen LogP contribution in [0.3, 0.4) is 0 Å². The third-order valence-corrected chi connectivity index (χ3v) is 3.26. The van der Waals surface area contributed by atoms with Crippen LogP contribution in [0, 0.1) is 0 Å². The van der Waals surface area contributed by atoms with Gasteiger partial charge in [-0.1, -0.05) is 71.7 Å². The first-order valence-corrected chi connectivity index (χ1v) is 6.66. The number of carbonyl (C=O) groups excluding carboxylic acids is 1. The fourth-order valence-corrected chi connectivity index (χ4v) is 1.92. The molecule has 0 radical (unpaired) electrons. The first-order valence-electron chi connectivity index (χ1n) is 5.90. The van der Waals surface area contributed by atoms with E-state index in [-0.39, 0.29) is 10.2 Å². The van der Waals surface area contributed by atoms with Crippen LogP contribution in [0.1, 0.15) is 5.56 Å². The zero-order valence-electron chi connectivity index (χ0n) is 10.4. The molecule has 0 fully saturated rings. The van der Waals surface area contributed by atoms with Gasteiger partial charge >= 0.3 is 6.03 Å². The van der Waals surface area contributed by atoms with Crippen LogP contribution in [-0.4, -0.2) is 6.03 Å². The normalized spacial score (nSPS) is 11.5.